The molecule has 5 nitrogen and oxygen atoms in total. The van der Waals surface area contributed by atoms with E-state index in [9.17, 15) is 10.4 Å². The first-order valence-corrected chi connectivity index (χ1v) is 5.00. The summed E-state index contributed by atoms with van der Waals surface area (Å²) in [5, 5.41) is 21.5. The van der Waals surface area contributed by atoms with Crippen LogP contribution in [0.4, 0.5) is 0 Å². The van der Waals surface area contributed by atoms with Crippen LogP contribution in [-0.4, -0.2) is 14.9 Å². The highest BCUT2D eigenvalue weighted by Crippen LogP contribution is 2.08. The van der Waals surface area contributed by atoms with Gasteiger partial charge in [-0.05, 0) is 16.9 Å². The molecule has 0 spiro atoms. The lowest BCUT2D eigenvalue weighted by Crippen LogP contribution is -2.33. The van der Waals surface area contributed by atoms with Crippen molar-refractivity contribution < 1.29 is 9.94 Å². The van der Waals surface area contributed by atoms with E-state index in [1.54, 1.807) is 20.0 Å². The molecule has 2 rings (SSSR count). The van der Waals surface area contributed by atoms with Crippen molar-refractivity contribution in [2.75, 3.05) is 0 Å². The van der Waals surface area contributed by atoms with Crippen LogP contribution < -0.4 is 4.73 Å². The van der Waals surface area contributed by atoms with E-state index in [4.69, 9.17) is 0 Å². The quantitative estimate of drug-likeness (QED) is 0.465. The Morgan fingerprint density at radius 1 is 1.44 bits per heavy atom. The molecule has 0 amide bonds. The Hall–Kier alpha value is -2.04. The zero-order valence-electron chi connectivity index (χ0n) is 9.21. The minimum absolute atomic E-state index is 0.286. The summed E-state index contributed by atoms with van der Waals surface area (Å²) in [4.78, 5) is 4.12. The van der Waals surface area contributed by atoms with E-state index < -0.39 is 0 Å². The van der Waals surface area contributed by atoms with Crippen molar-refractivity contribution in [2.45, 2.75) is 20.3 Å². The molecule has 5 heteroatoms. The molecule has 0 saturated carbocycles. The minimum Gasteiger partial charge on any atom is -0.710 e. The highest BCUT2D eigenvalue weighted by atomic mass is 16.5. The molecule has 0 radical (unpaired) electrons. The molecule has 0 fully saturated rings. The molecule has 2 heterocycles. The fourth-order valence-corrected chi connectivity index (χ4v) is 1.58. The van der Waals surface area contributed by atoms with Crippen molar-refractivity contribution in [1.29, 1.82) is 0 Å². The molecule has 0 aliphatic carbocycles. The largest absolute Gasteiger partial charge is 0.710 e. The number of pyridine rings is 1. The Bertz CT molecular complexity index is 480. The van der Waals surface area contributed by atoms with Crippen molar-refractivity contribution in [3.63, 3.8) is 0 Å². The van der Waals surface area contributed by atoms with Gasteiger partial charge in [-0.25, -0.2) is 4.73 Å². The lowest BCUT2D eigenvalue weighted by atomic mass is 10.2. The van der Waals surface area contributed by atoms with Crippen LogP contribution in [0, 0.1) is 19.1 Å². The third kappa shape index (κ3) is 1.60. The molecule has 0 saturated heterocycles. The second-order valence-corrected chi connectivity index (χ2v) is 3.69. The van der Waals surface area contributed by atoms with Gasteiger partial charge in [0.1, 0.15) is 5.69 Å². The van der Waals surface area contributed by atoms with Crippen molar-refractivity contribution >= 4 is 0 Å². The van der Waals surface area contributed by atoms with Gasteiger partial charge in [0.2, 0.25) is 0 Å². The monoisotopic (exact) mass is 219 g/mol. The van der Waals surface area contributed by atoms with Crippen LogP contribution in [0.15, 0.2) is 24.4 Å². The predicted molar refractivity (Wildman–Crippen MR) is 57.1 cm³/mol. The average molecular weight is 219 g/mol. The van der Waals surface area contributed by atoms with E-state index in [2.05, 4.69) is 4.98 Å². The first-order valence-electron chi connectivity index (χ1n) is 5.00. The summed E-state index contributed by atoms with van der Waals surface area (Å²) < 4.78 is 1.67. The SMILES string of the molecule is Cc1c(C)[n+]([O-])c(Cc2ccccn2)n1O. The van der Waals surface area contributed by atoms with Gasteiger partial charge in [-0.15, -0.1) is 0 Å². The fourth-order valence-electron chi connectivity index (χ4n) is 1.58. The maximum Gasteiger partial charge on any atom is 0.305 e. The molecule has 0 atom stereocenters. The number of nitrogens with zero attached hydrogens (tertiary/aromatic N) is 3. The van der Waals surface area contributed by atoms with E-state index in [1.165, 1.54) is 0 Å². The average Bonchev–Trinajstić information content (AvgIpc) is 2.48. The van der Waals surface area contributed by atoms with E-state index in [0.29, 0.717) is 17.8 Å². The number of aromatic nitrogens is 3. The van der Waals surface area contributed by atoms with Gasteiger partial charge in [-0.2, -0.15) is 0 Å². The van der Waals surface area contributed by atoms with E-state index in [0.717, 1.165) is 15.2 Å². The predicted octanol–water partition coefficient (Wildman–Crippen LogP) is 0.961. The Kier molecular flexibility index (Phi) is 2.52. The van der Waals surface area contributed by atoms with E-state index >= 15 is 0 Å². The molecule has 2 aromatic heterocycles. The Morgan fingerprint density at radius 3 is 2.69 bits per heavy atom. The number of imidazole rings is 1. The van der Waals surface area contributed by atoms with Crippen LogP contribution >= 0.6 is 0 Å². The number of hydrogen-bond acceptors (Lipinski definition) is 3. The van der Waals surface area contributed by atoms with Crippen molar-refractivity contribution in [3.8, 4) is 0 Å². The lowest BCUT2D eigenvalue weighted by Gasteiger charge is -2.03. The van der Waals surface area contributed by atoms with Crippen LogP contribution in [-0.2, 0) is 6.42 Å². The second kappa shape index (κ2) is 3.84. The van der Waals surface area contributed by atoms with E-state index in [1.807, 2.05) is 18.2 Å². The highest BCUT2D eigenvalue weighted by molar-refractivity contribution is 5.12. The zero-order chi connectivity index (χ0) is 11.7. The molecule has 0 aliphatic heterocycles. The summed E-state index contributed by atoms with van der Waals surface area (Å²) in [6, 6.07) is 5.47. The standard InChI is InChI=1S/C11H13N3O2/c1-8-9(2)14(16)11(13(8)15)7-10-5-3-4-6-12-10/h3-6,15H,7H2,1-2H3. The second-order valence-electron chi connectivity index (χ2n) is 3.69. The first kappa shape index (κ1) is 10.5. The molecule has 0 aromatic carbocycles. The minimum atomic E-state index is 0.286. The molecular weight excluding hydrogens is 206 g/mol. The van der Waals surface area contributed by atoms with Gasteiger partial charge in [0, 0.05) is 20.0 Å². The molecule has 0 aliphatic rings. The Morgan fingerprint density at radius 2 is 2.19 bits per heavy atom. The topological polar surface area (TPSA) is 65.0 Å². The summed E-state index contributed by atoms with van der Waals surface area (Å²) in [5.41, 5.74) is 1.81. The molecule has 16 heavy (non-hydrogen) atoms. The summed E-state index contributed by atoms with van der Waals surface area (Å²) in [7, 11) is 0. The van der Waals surface area contributed by atoms with Gasteiger partial charge in [-0.3, -0.25) is 4.98 Å². The maximum atomic E-state index is 11.7. The van der Waals surface area contributed by atoms with Crippen LogP contribution in [0.5, 0.6) is 0 Å². The fraction of sp³-hybridized carbons (Fsp3) is 0.273. The zero-order valence-corrected chi connectivity index (χ0v) is 9.21. The molecule has 0 unspecified atom stereocenters. The summed E-state index contributed by atoms with van der Waals surface area (Å²) >= 11 is 0. The van der Waals surface area contributed by atoms with Gasteiger partial charge in [0.05, 0.1) is 12.1 Å². The Balaban J connectivity index is 2.39. The Labute approximate surface area is 93.1 Å². The third-order valence-electron chi connectivity index (χ3n) is 2.69. The van der Waals surface area contributed by atoms with Gasteiger partial charge in [0.25, 0.3) is 0 Å². The maximum absolute atomic E-state index is 11.7. The van der Waals surface area contributed by atoms with Crippen molar-refractivity contribution in [3.05, 3.63) is 52.5 Å². The molecular formula is C11H13N3O2. The molecule has 1 N–H and O–H groups in total. The number of hydrogen-bond donors (Lipinski definition) is 1. The van der Waals surface area contributed by atoms with Gasteiger partial charge >= 0.3 is 5.82 Å². The summed E-state index contributed by atoms with van der Waals surface area (Å²) in [5.74, 6) is 0.286. The smallest absolute Gasteiger partial charge is 0.305 e. The van der Waals surface area contributed by atoms with Crippen molar-refractivity contribution in [1.82, 2.24) is 9.71 Å². The normalized spacial score (nSPS) is 10.6. The van der Waals surface area contributed by atoms with Gasteiger partial charge < -0.3 is 10.4 Å². The van der Waals surface area contributed by atoms with Crippen molar-refractivity contribution in [2.24, 2.45) is 0 Å². The highest BCUT2D eigenvalue weighted by Gasteiger charge is 2.22. The van der Waals surface area contributed by atoms with Crippen LogP contribution in [0.3, 0.4) is 0 Å². The number of rotatable bonds is 2. The summed E-state index contributed by atoms with van der Waals surface area (Å²) in [6.07, 6.45) is 1.98. The molecule has 84 valence electrons. The molecule has 0 bridgehead atoms. The molecule has 2 aromatic rings. The first-order chi connectivity index (χ1) is 7.61. The lowest BCUT2D eigenvalue weighted by molar-refractivity contribution is -0.621. The third-order valence-corrected chi connectivity index (χ3v) is 2.69. The van der Waals surface area contributed by atoms with Crippen LogP contribution in [0.2, 0.25) is 0 Å². The van der Waals surface area contributed by atoms with Crippen LogP contribution in [0.25, 0.3) is 0 Å². The van der Waals surface area contributed by atoms with Crippen LogP contribution in [0.1, 0.15) is 22.9 Å². The van der Waals surface area contributed by atoms with Gasteiger partial charge in [-0.1, -0.05) is 6.07 Å². The summed E-state index contributed by atoms with van der Waals surface area (Å²) in [6.45, 7) is 3.38. The van der Waals surface area contributed by atoms with E-state index in [-0.39, 0.29) is 5.82 Å². The van der Waals surface area contributed by atoms with Gasteiger partial charge in [0.15, 0.2) is 5.69 Å².